The molecule has 0 aliphatic carbocycles. The molecule has 0 saturated carbocycles. The van der Waals surface area contributed by atoms with Gasteiger partial charge in [-0.2, -0.15) is 0 Å². The molecule has 29 heavy (non-hydrogen) atoms. The van der Waals surface area contributed by atoms with Crippen molar-refractivity contribution in [2.24, 2.45) is 0 Å². The maximum atomic E-state index is 12.7. The number of Topliss-reactive ketones (excluding diaryl/α,β-unsaturated/α-hetero) is 1. The molecule has 1 unspecified atom stereocenters. The van der Waals surface area contributed by atoms with E-state index in [9.17, 15) is 4.79 Å². The van der Waals surface area contributed by atoms with Crippen LogP contribution in [0.1, 0.15) is 29.1 Å². The number of ether oxygens (including phenoxy) is 1. The van der Waals surface area contributed by atoms with E-state index in [1.165, 1.54) is 11.8 Å². The molecule has 0 fully saturated rings. The number of hydrogen-bond acceptors (Lipinski definition) is 6. The van der Waals surface area contributed by atoms with Crippen LogP contribution < -0.4 is 4.74 Å². The zero-order valence-electron chi connectivity index (χ0n) is 16.8. The summed E-state index contributed by atoms with van der Waals surface area (Å²) in [7, 11) is 5.57. The van der Waals surface area contributed by atoms with Crippen LogP contribution in [0.15, 0.2) is 53.7 Å². The molecule has 0 saturated heterocycles. The van der Waals surface area contributed by atoms with Crippen LogP contribution in [0.3, 0.4) is 0 Å². The smallest absolute Gasteiger partial charge is 0.196 e. The third-order valence-electron chi connectivity index (χ3n) is 4.62. The maximum absolute atomic E-state index is 12.7. The summed E-state index contributed by atoms with van der Waals surface area (Å²) in [5.41, 5.74) is 1.51. The van der Waals surface area contributed by atoms with Crippen molar-refractivity contribution in [2.75, 3.05) is 27.0 Å². The second-order valence-electron chi connectivity index (χ2n) is 6.74. The average molecular weight is 431 g/mol. The van der Waals surface area contributed by atoms with Crippen molar-refractivity contribution in [1.29, 1.82) is 0 Å². The highest BCUT2D eigenvalue weighted by atomic mass is 35.5. The number of hydrogen-bond donors (Lipinski definition) is 0. The Hall–Kier alpha value is -2.35. The molecule has 0 amide bonds. The van der Waals surface area contributed by atoms with Gasteiger partial charge in [0.05, 0.1) is 18.9 Å². The molecule has 1 atom stereocenters. The number of benzene rings is 2. The third kappa shape index (κ3) is 4.98. The zero-order valence-corrected chi connectivity index (χ0v) is 18.4. The highest BCUT2D eigenvalue weighted by Gasteiger charge is 2.21. The number of nitrogens with zero attached hydrogens (tertiary/aromatic N) is 4. The summed E-state index contributed by atoms with van der Waals surface area (Å²) >= 11 is 7.41. The SMILES string of the molecule is COc1cccc(C(=O)CSc2nnc(C(C)N(C)C)n2-c2ccc(Cl)cc2)c1. The first kappa shape index (κ1) is 21.4. The molecule has 1 aromatic heterocycles. The molecule has 0 N–H and O–H groups in total. The van der Waals surface area contributed by atoms with Crippen molar-refractivity contribution in [3.63, 3.8) is 0 Å². The number of methoxy groups -OCH3 is 1. The number of carbonyl (C=O) groups excluding carboxylic acids is 1. The van der Waals surface area contributed by atoms with Gasteiger partial charge in [-0.3, -0.25) is 14.3 Å². The Bertz CT molecular complexity index is 989. The van der Waals surface area contributed by atoms with E-state index in [1.54, 1.807) is 19.2 Å². The predicted octanol–water partition coefficient (Wildman–Crippen LogP) is 4.53. The second-order valence-corrected chi connectivity index (χ2v) is 8.11. The molecular weight excluding hydrogens is 408 g/mol. The molecule has 3 rings (SSSR count). The number of aromatic nitrogens is 3. The first-order valence-corrected chi connectivity index (χ1v) is 10.4. The first-order chi connectivity index (χ1) is 13.9. The Kier molecular flexibility index (Phi) is 6.95. The van der Waals surface area contributed by atoms with E-state index >= 15 is 0 Å². The van der Waals surface area contributed by atoms with E-state index in [0.717, 1.165) is 11.5 Å². The Morgan fingerprint density at radius 1 is 1.21 bits per heavy atom. The summed E-state index contributed by atoms with van der Waals surface area (Å²) in [5, 5.41) is 10.1. The number of halogens is 1. The van der Waals surface area contributed by atoms with Crippen molar-refractivity contribution < 1.29 is 9.53 Å². The highest BCUT2D eigenvalue weighted by molar-refractivity contribution is 7.99. The van der Waals surface area contributed by atoms with Crippen LogP contribution in [0, 0.1) is 0 Å². The molecule has 0 aliphatic rings. The van der Waals surface area contributed by atoms with Gasteiger partial charge in [-0.05, 0) is 57.4 Å². The minimum atomic E-state index is 0.00163. The summed E-state index contributed by atoms with van der Waals surface area (Å²) in [5.74, 6) is 1.71. The lowest BCUT2D eigenvalue weighted by Crippen LogP contribution is -2.20. The highest BCUT2D eigenvalue weighted by Crippen LogP contribution is 2.28. The summed E-state index contributed by atoms with van der Waals surface area (Å²) in [6.45, 7) is 2.06. The second kappa shape index (κ2) is 9.43. The minimum absolute atomic E-state index is 0.00163. The number of rotatable bonds is 8. The minimum Gasteiger partial charge on any atom is -0.497 e. The lowest BCUT2D eigenvalue weighted by Gasteiger charge is -2.20. The van der Waals surface area contributed by atoms with Gasteiger partial charge in [0.25, 0.3) is 0 Å². The fourth-order valence-corrected chi connectivity index (χ4v) is 3.70. The Balaban J connectivity index is 1.88. The molecule has 1 heterocycles. The van der Waals surface area contributed by atoms with Gasteiger partial charge in [-0.25, -0.2) is 0 Å². The van der Waals surface area contributed by atoms with E-state index in [2.05, 4.69) is 22.0 Å². The van der Waals surface area contributed by atoms with Gasteiger partial charge in [0.2, 0.25) is 0 Å². The monoisotopic (exact) mass is 430 g/mol. The lowest BCUT2D eigenvalue weighted by molar-refractivity contribution is 0.102. The fourth-order valence-electron chi connectivity index (χ4n) is 2.72. The first-order valence-electron chi connectivity index (χ1n) is 9.08. The summed E-state index contributed by atoms with van der Waals surface area (Å²) in [4.78, 5) is 14.7. The molecule has 6 nitrogen and oxygen atoms in total. The van der Waals surface area contributed by atoms with Crippen molar-refractivity contribution >= 4 is 29.1 Å². The summed E-state index contributed by atoms with van der Waals surface area (Å²) in [6.07, 6.45) is 0. The molecule has 0 bridgehead atoms. The van der Waals surface area contributed by atoms with E-state index < -0.39 is 0 Å². The molecule has 2 aromatic carbocycles. The molecule has 0 radical (unpaired) electrons. The van der Waals surface area contributed by atoms with Gasteiger partial charge in [-0.15, -0.1) is 10.2 Å². The number of thioether (sulfide) groups is 1. The standard InChI is InChI=1S/C21H23ClN4O2S/c1-14(25(2)3)20-23-24-21(26(20)17-10-8-16(22)9-11-17)29-13-19(27)15-6-5-7-18(12-15)28-4/h5-12,14H,13H2,1-4H3. The van der Waals surface area contributed by atoms with Crippen LogP contribution in [0.4, 0.5) is 0 Å². The molecule has 0 spiro atoms. The number of ketones is 1. The van der Waals surface area contributed by atoms with Gasteiger partial charge < -0.3 is 4.74 Å². The van der Waals surface area contributed by atoms with Crippen molar-refractivity contribution in [1.82, 2.24) is 19.7 Å². The van der Waals surface area contributed by atoms with Crippen molar-refractivity contribution in [3.05, 3.63) is 64.9 Å². The van der Waals surface area contributed by atoms with Gasteiger partial charge in [0.15, 0.2) is 16.8 Å². The van der Waals surface area contributed by atoms with E-state index in [0.29, 0.717) is 21.5 Å². The molecule has 152 valence electrons. The van der Waals surface area contributed by atoms with Gasteiger partial charge in [0, 0.05) is 16.3 Å². The van der Waals surface area contributed by atoms with E-state index in [1.807, 2.05) is 55.1 Å². The summed E-state index contributed by atoms with van der Waals surface area (Å²) < 4.78 is 7.18. The predicted molar refractivity (Wildman–Crippen MR) is 117 cm³/mol. The van der Waals surface area contributed by atoms with Gasteiger partial charge in [-0.1, -0.05) is 35.5 Å². The largest absolute Gasteiger partial charge is 0.497 e. The van der Waals surface area contributed by atoms with Crippen LogP contribution in [0.25, 0.3) is 5.69 Å². The van der Waals surface area contributed by atoms with Crippen molar-refractivity contribution in [3.8, 4) is 11.4 Å². The quantitative estimate of drug-likeness (QED) is 0.386. The zero-order chi connectivity index (χ0) is 21.0. The van der Waals surface area contributed by atoms with Crippen LogP contribution in [0.5, 0.6) is 5.75 Å². The molecular formula is C21H23ClN4O2S. The van der Waals surface area contributed by atoms with Crippen LogP contribution in [0.2, 0.25) is 5.02 Å². The Morgan fingerprint density at radius 3 is 2.59 bits per heavy atom. The van der Waals surface area contributed by atoms with Gasteiger partial charge in [0.1, 0.15) is 5.75 Å². The lowest BCUT2D eigenvalue weighted by atomic mass is 10.1. The maximum Gasteiger partial charge on any atom is 0.196 e. The van der Waals surface area contributed by atoms with Crippen LogP contribution in [-0.4, -0.2) is 52.4 Å². The normalized spacial score (nSPS) is 12.2. The molecule has 3 aromatic rings. The topological polar surface area (TPSA) is 60.2 Å². The van der Waals surface area contributed by atoms with Crippen molar-refractivity contribution in [2.45, 2.75) is 18.1 Å². The molecule has 8 heteroatoms. The van der Waals surface area contributed by atoms with E-state index in [-0.39, 0.29) is 17.6 Å². The molecule has 0 aliphatic heterocycles. The average Bonchev–Trinajstić information content (AvgIpc) is 3.15. The Morgan fingerprint density at radius 2 is 1.93 bits per heavy atom. The van der Waals surface area contributed by atoms with Crippen LogP contribution >= 0.6 is 23.4 Å². The Labute approximate surface area is 179 Å². The fraction of sp³-hybridized carbons (Fsp3) is 0.286. The summed E-state index contributed by atoms with van der Waals surface area (Å²) in [6, 6.07) is 14.7. The number of carbonyl (C=O) groups is 1. The van der Waals surface area contributed by atoms with Crippen LogP contribution in [-0.2, 0) is 0 Å². The third-order valence-corrected chi connectivity index (χ3v) is 5.80. The van der Waals surface area contributed by atoms with E-state index in [4.69, 9.17) is 16.3 Å². The van der Waals surface area contributed by atoms with Gasteiger partial charge >= 0.3 is 0 Å².